The molecular weight excluding hydrogens is 434 g/mol. The summed E-state index contributed by atoms with van der Waals surface area (Å²) in [6.45, 7) is 18.8. The van der Waals surface area contributed by atoms with Gasteiger partial charge in [-0.05, 0) is 111 Å². The third-order valence-corrected chi connectivity index (χ3v) is 13.5. The van der Waals surface area contributed by atoms with Crippen molar-refractivity contribution in [2.24, 2.45) is 56.7 Å². The molecule has 1 amide bonds. The molecule has 0 aromatic heterocycles. The van der Waals surface area contributed by atoms with Crippen molar-refractivity contribution in [1.82, 2.24) is 5.48 Å². The fraction of sp³-hybridized carbons (Fsp3) is 0.871. The van der Waals surface area contributed by atoms with Crippen LogP contribution in [-0.2, 0) is 14.4 Å². The fourth-order valence-electron chi connectivity index (χ4n) is 11.5. The molecule has 5 rings (SSSR count). The molecule has 9 atom stereocenters. The summed E-state index contributed by atoms with van der Waals surface area (Å²) in [5.74, 6) is 3.01. The monoisotopic (exact) mass is 483 g/mol. The Morgan fingerprint density at radius 3 is 2.29 bits per heavy atom. The minimum atomic E-state index is -0.326. The van der Waals surface area contributed by atoms with Crippen LogP contribution in [0.5, 0.6) is 0 Å². The highest BCUT2D eigenvalue weighted by Gasteiger charge is 2.71. The third-order valence-electron chi connectivity index (χ3n) is 13.5. The lowest BCUT2D eigenvalue weighted by atomic mass is 9.32. The van der Waals surface area contributed by atoms with Gasteiger partial charge in [-0.3, -0.25) is 14.4 Å². The van der Waals surface area contributed by atoms with Gasteiger partial charge >= 0.3 is 0 Å². The number of amides is 1. The van der Waals surface area contributed by atoms with Crippen LogP contribution in [0.15, 0.2) is 12.2 Å². The van der Waals surface area contributed by atoms with E-state index in [-0.39, 0.29) is 33.0 Å². The van der Waals surface area contributed by atoms with Crippen molar-refractivity contribution in [2.45, 2.75) is 106 Å². The molecule has 0 bridgehead atoms. The highest BCUT2D eigenvalue weighted by molar-refractivity contribution is 5.85. The van der Waals surface area contributed by atoms with Gasteiger partial charge in [-0.15, -0.1) is 0 Å². The van der Waals surface area contributed by atoms with Crippen LogP contribution in [0.4, 0.5) is 0 Å². The molecule has 0 spiro atoms. The Bertz CT molecular complexity index is 940. The molecule has 35 heavy (non-hydrogen) atoms. The van der Waals surface area contributed by atoms with E-state index < -0.39 is 0 Å². The summed E-state index contributed by atoms with van der Waals surface area (Å²) in [6, 6.07) is 0. The minimum Gasteiger partial charge on any atom is -0.299 e. The van der Waals surface area contributed by atoms with Crippen molar-refractivity contribution in [1.29, 1.82) is 0 Å². The van der Waals surface area contributed by atoms with E-state index in [1.807, 2.05) is 0 Å². The molecule has 0 unspecified atom stereocenters. The summed E-state index contributed by atoms with van der Waals surface area (Å²) >= 11 is 0. The smallest absolute Gasteiger partial charge is 0.250 e. The molecule has 1 N–H and O–H groups in total. The van der Waals surface area contributed by atoms with Gasteiger partial charge in [0.2, 0.25) is 5.91 Å². The van der Waals surface area contributed by atoms with Crippen molar-refractivity contribution in [3.8, 4) is 0 Å². The zero-order chi connectivity index (χ0) is 25.6. The maximum absolute atomic E-state index is 13.6. The molecule has 0 aromatic carbocycles. The number of nitrogens with one attached hydrogen (secondary N) is 1. The van der Waals surface area contributed by atoms with Crippen LogP contribution in [0.2, 0.25) is 0 Å². The number of rotatable bonds is 3. The summed E-state index contributed by atoms with van der Waals surface area (Å²) in [7, 11) is 1.56. The van der Waals surface area contributed by atoms with Crippen molar-refractivity contribution in [3.63, 3.8) is 0 Å². The van der Waals surface area contributed by atoms with Crippen LogP contribution in [0.25, 0.3) is 0 Å². The largest absolute Gasteiger partial charge is 0.299 e. The topological polar surface area (TPSA) is 55.4 Å². The van der Waals surface area contributed by atoms with Crippen LogP contribution >= 0.6 is 0 Å². The second-order valence-corrected chi connectivity index (χ2v) is 14.6. The first-order valence-electron chi connectivity index (χ1n) is 14.3. The molecule has 5 aliphatic carbocycles. The molecular formula is C31H49NO3. The molecule has 0 saturated heterocycles. The summed E-state index contributed by atoms with van der Waals surface area (Å²) in [6.07, 6.45) is 10.7. The van der Waals surface area contributed by atoms with E-state index in [4.69, 9.17) is 4.84 Å². The van der Waals surface area contributed by atoms with E-state index in [0.29, 0.717) is 35.4 Å². The van der Waals surface area contributed by atoms with Gasteiger partial charge in [0.15, 0.2) is 0 Å². The Kier molecular flexibility index (Phi) is 5.77. The van der Waals surface area contributed by atoms with Crippen LogP contribution in [0, 0.1) is 56.7 Å². The van der Waals surface area contributed by atoms with E-state index >= 15 is 0 Å². The van der Waals surface area contributed by atoms with Gasteiger partial charge in [-0.1, -0.05) is 46.8 Å². The van der Waals surface area contributed by atoms with Gasteiger partial charge in [0.1, 0.15) is 5.78 Å². The first-order chi connectivity index (χ1) is 16.3. The molecule has 4 nitrogen and oxygen atoms in total. The Balaban J connectivity index is 1.56. The molecule has 0 aromatic rings. The standard InChI is InChI=1S/C31H49NO3/c1-19(2)20-11-16-31(26(34)32-35-8)18-17-29(6)21(25(20)31)9-10-23-28(5)14-13-24(33)27(3,4)22(28)12-15-30(23,29)7/h20-23,25H,1,9-18H2,2-8H3,(H,32,34)/t20-,21+,22-,23+,25+,28-,29+,30+,31-/m0/s1. The van der Waals surface area contributed by atoms with E-state index in [1.54, 1.807) is 7.11 Å². The minimum absolute atomic E-state index is 0.103. The van der Waals surface area contributed by atoms with Gasteiger partial charge in [0.05, 0.1) is 12.5 Å². The number of allylic oxidation sites excluding steroid dienone is 1. The van der Waals surface area contributed by atoms with Gasteiger partial charge < -0.3 is 0 Å². The summed E-state index contributed by atoms with van der Waals surface area (Å²) in [4.78, 5) is 31.7. The first kappa shape index (κ1) is 25.5. The molecule has 0 heterocycles. The zero-order valence-corrected chi connectivity index (χ0v) is 23.4. The predicted molar refractivity (Wildman–Crippen MR) is 139 cm³/mol. The number of Topliss-reactive ketones (excluding diaryl/α,β-unsaturated/α-hetero) is 1. The fourth-order valence-corrected chi connectivity index (χ4v) is 11.5. The molecule has 5 aliphatic rings. The predicted octanol–water partition coefficient (Wildman–Crippen LogP) is 6.89. The number of fused-ring (bicyclic) bond motifs is 7. The lowest BCUT2D eigenvalue weighted by Crippen LogP contribution is -2.67. The van der Waals surface area contributed by atoms with E-state index in [9.17, 15) is 9.59 Å². The Hall–Kier alpha value is -1.16. The second-order valence-electron chi connectivity index (χ2n) is 14.6. The van der Waals surface area contributed by atoms with Crippen molar-refractivity contribution in [2.75, 3.05) is 7.11 Å². The van der Waals surface area contributed by atoms with Crippen LogP contribution in [0.3, 0.4) is 0 Å². The molecule has 5 saturated carbocycles. The summed E-state index contributed by atoms with van der Waals surface area (Å²) < 4.78 is 0. The summed E-state index contributed by atoms with van der Waals surface area (Å²) in [5.41, 5.74) is 4.16. The number of carbonyl (C=O) groups excluding carboxylic acids is 2. The molecule has 0 aliphatic heterocycles. The van der Waals surface area contributed by atoms with Gasteiger partial charge in [0.25, 0.3) is 0 Å². The number of carbonyl (C=O) groups is 2. The van der Waals surface area contributed by atoms with Crippen molar-refractivity contribution < 1.29 is 14.4 Å². The maximum Gasteiger partial charge on any atom is 0.250 e. The van der Waals surface area contributed by atoms with Crippen LogP contribution in [0.1, 0.15) is 106 Å². The number of hydrogen-bond acceptors (Lipinski definition) is 3. The Morgan fingerprint density at radius 2 is 1.63 bits per heavy atom. The molecule has 4 heteroatoms. The molecule has 5 fully saturated rings. The average Bonchev–Trinajstić information content (AvgIpc) is 3.19. The maximum atomic E-state index is 13.6. The molecule has 0 radical (unpaired) electrons. The molecule has 196 valence electrons. The number of hydroxylamine groups is 1. The number of ketones is 1. The van der Waals surface area contributed by atoms with Crippen molar-refractivity contribution >= 4 is 11.7 Å². The van der Waals surface area contributed by atoms with Crippen LogP contribution < -0.4 is 5.48 Å². The quantitative estimate of drug-likeness (QED) is 0.351. The van der Waals surface area contributed by atoms with E-state index in [1.165, 1.54) is 24.8 Å². The van der Waals surface area contributed by atoms with Gasteiger partial charge in [-0.2, -0.15) is 0 Å². The van der Waals surface area contributed by atoms with E-state index in [0.717, 1.165) is 44.9 Å². The highest BCUT2D eigenvalue weighted by Crippen LogP contribution is 2.77. The van der Waals surface area contributed by atoms with Gasteiger partial charge in [0, 0.05) is 11.8 Å². The first-order valence-corrected chi connectivity index (χ1v) is 14.3. The average molecular weight is 484 g/mol. The Morgan fingerprint density at radius 1 is 0.914 bits per heavy atom. The highest BCUT2D eigenvalue weighted by atomic mass is 16.6. The zero-order valence-electron chi connectivity index (χ0n) is 23.4. The van der Waals surface area contributed by atoms with Crippen molar-refractivity contribution in [3.05, 3.63) is 12.2 Å². The lowest BCUT2D eigenvalue weighted by molar-refractivity contribution is -0.234. The Labute approximate surface area is 213 Å². The third kappa shape index (κ3) is 3.07. The lowest BCUT2D eigenvalue weighted by Gasteiger charge is -2.72. The normalized spacial score (nSPS) is 50.4. The SMILES string of the molecule is C=C(C)[C@@H]1CC[C@]2(C(=O)NOC)CC[C@]3(C)[C@H](CC[C@@H]4[C@@]5(C)CCC(=O)C(C)(C)[C@@H]5CC[C@]43C)[C@@H]12. The second kappa shape index (κ2) is 7.92. The van der Waals surface area contributed by atoms with Crippen LogP contribution in [-0.4, -0.2) is 18.8 Å². The number of hydrogen-bond donors (Lipinski definition) is 1. The van der Waals surface area contributed by atoms with E-state index in [2.05, 4.69) is 53.6 Å². The van der Waals surface area contributed by atoms with Gasteiger partial charge in [-0.25, -0.2) is 5.48 Å². The summed E-state index contributed by atoms with van der Waals surface area (Å²) in [5, 5.41) is 0.